The summed E-state index contributed by atoms with van der Waals surface area (Å²) in [6, 6.07) is 2.45. The van der Waals surface area contributed by atoms with Crippen LogP contribution >= 0.6 is 11.3 Å². The average Bonchev–Trinajstić information content (AvgIpc) is 3.38. The zero-order valence-corrected chi connectivity index (χ0v) is 30.8. The Hall–Kier alpha value is -3.78. The Morgan fingerprint density at radius 3 is 2.51 bits per heavy atom. The van der Waals surface area contributed by atoms with Crippen molar-refractivity contribution in [1.82, 2.24) is 29.7 Å². The fraction of sp³-hybridized carbons (Fsp3) is 0.579. The van der Waals surface area contributed by atoms with Gasteiger partial charge >= 0.3 is 6.01 Å². The van der Waals surface area contributed by atoms with E-state index in [1.807, 2.05) is 6.92 Å². The molecular formula is C38H43F2N9O3S. The summed E-state index contributed by atoms with van der Waals surface area (Å²) in [6.07, 6.45) is 4.65. The number of aliphatic hydroxyl groups excluding tert-OH is 1. The van der Waals surface area contributed by atoms with Crippen LogP contribution in [0.15, 0.2) is 6.20 Å². The monoisotopic (exact) mass is 743 g/mol. The molecule has 1 aromatic carbocycles. The average molecular weight is 744 g/mol. The van der Waals surface area contributed by atoms with Gasteiger partial charge in [-0.25, -0.2) is 8.78 Å². The highest BCUT2D eigenvalue weighted by Gasteiger charge is 2.54. The molecule has 8 heterocycles. The van der Waals surface area contributed by atoms with E-state index in [4.69, 9.17) is 25.2 Å². The third-order valence-corrected chi connectivity index (χ3v) is 13.5. The first-order valence-corrected chi connectivity index (χ1v) is 19.5. The maximum Gasteiger partial charge on any atom is 0.319 e. The maximum atomic E-state index is 17.6. The second kappa shape index (κ2) is 12.1. The van der Waals surface area contributed by atoms with Crippen molar-refractivity contribution in [3.8, 4) is 23.3 Å². The van der Waals surface area contributed by atoms with Gasteiger partial charge < -0.3 is 35.0 Å². The van der Waals surface area contributed by atoms with E-state index in [-0.39, 0.29) is 74.1 Å². The van der Waals surface area contributed by atoms with E-state index in [0.717, 1.165) is 94.6 Å². The first-order valence-electron chi connectivity index (χ1n) is 18.7. The highest BCUT2D eigenvalue weighted by molar-refractivity contribution is 7.23. The summed E-state index contributed by atoms with van der Waals surface area (Å²) in [5.41, 5.74) is 8.45. The Morgan fingerprint density at radius 1 is 1.09 bits per heavy atom. The van der Waals surface area contributed by atoms with Crippen LogP contribution in [0.3, 0.4) is 0 Å². The molecule has 6 aliphatic rings. The van der Waals surface area contributed by atoms with Crippen LogP contribution in [0, 0.1) is 33.8 Å². The first-order chi connectivity index (χ1) is 25.5. The highest BCUT2D eigenvalue weighted by Crippen LogP contribution is 2.51. The zero-order valence-electron chi connectivity index (χ0n) is 30.0. The van der Waals surface area contributed by atoms with Crippen LogP contribution in [0.4, 0.5) is 19.6 Å². The summed E-state index contributed by atoms with van der Waals surface area (Å²) in [4.78, 5) is 23.9. The molecule has 2 bridgehead atoms. The van der Waals surface area contributed by atoms with Gasteiger partial charge in [-0.2, -0.15) is 15.2 Å². The van der Waals surface area contributed by atoms with Gasteiger partial charge in [0.25, 0.3) is 0 Å². The molecule has 12 nitrogen and oxygen atoms in total. The SMILES string of the molecule is C[C@@H](O)CN1CC2CCC(C1)N2c1nc(OCC2(CN3CC4(CN(C)C4)C3)CC2)nc2c(F)c(-c3ncc(F)c4sc(N)c(C#N)c34)c3c(c12)COC3. The standard InChI is InChI=1S/C38H43F2N9O3S/c1-20(50)9-47-10-21-3-4-22(11-47)49(21)35-29-25-13-51-12-24(25)27(31-28-23(7-41)34(42)53-33(28)26(39)8-43-31)30(40)32(29)44-36(45-35)52-19-37(5-6-37)16-48-17-38(18-48)14-46(2)15-38/h8,20-22,50H,3-6,9-19,42H2,1-2H3/t20-,21?,22?/m1/s1. The molecule has 3 aromatic heterocycles. The summed E-state index contributed by atoms with van der Waals surface area (Å²) in [5, 5.41) is 21.2. The van der Waals surface area contributed by atoms with Crippen LogP contribution in [0.5, 0.6) is 6.01 Å². The number of aromatic nitrogens is 3. The number of rotatable bonds is 9. The van der Waals surface area contributed by atoms with Crippen molar-refractivity contribution in [1.29, 1.82) is 5.26 Å². The Kier molecular flexibility index (Phi) is 7.72. The molecule has 5 aliphatic heterocycles. The minimum atomic E-state index is -0.635. The number of nitriles is 1. The predicted molar refractivity (Wildman–Crippen MR) is 197 cm³/mol. The topological polar surface area (TPSA) is 140 Å². The quantitative estimate of drug-likeness (QED) is 0.255. The summed E-state index contributed by atoms with van der Waals surface area (Å²) in [5.74, 6) is -0.618. The third-order valence-electron chi connectivity index (χ3n) is 12.5. The molecule has 1 saturated carbocycles. The lowest BCUT2D eigenvalue weighted by atomic mass is 9.73. The normalized spacial score (nSPS) is 25.1. The van der Waals surface area contributed by atoms with E-state index >= 15 is 8.78 Å². The Bertz CT molecular complexity index is 2190. The summed E-state index contributed by atoms with van der Waals surface area (Å²) in [7, 11) is 2.17. The van der Waals surface area contributed by atoms with Crippen LogP contribution < -0.4 is 15.4 Å². The van der Waals surface area contributed by atoms with Crippen LogP contribution in [0.2, 0.25) is 0 Å². The molecule has 278 valence electrons. The van der Waals surface area contributed by atoms with Crippen LogP contribution in [0.25, 0.3) is 32.2 Å². The number of nitrogens with zero attached hydrogens (tertiary/aromatic N) is 8. The fourth-order valence-electron chi connectivity index (χ4n) is 10.3. The summed E-state index contributed by atoms with van der Waals surface area (Å²) >= 11 is 0.954. The van der Waals surface area contributed by atoms with Gasteiger partial charge in [0.05, 0.1) is 53.5 Å². The van der Waals surface area contributed by atoms with Crippen LogP contribution in [-0.2, 0) is 18.0 Å². The van der Waals surface area contributed by atoms with Crippen LogP contribution in [-0.4, -0.2) is 119 Å². The summed E-state index contributed by atoms with van der Waals surface area (Å²) < 4.78 is 45.3. The number of pyridine rings is 1. The molecule has 10 rings (SSSR count). The number of likely N-dealkylation sites (tertiary alicyclic amines) is 3. The molecule has 53 heavy (non-hydrogen) atoms. The number of hydrogen-bond donors (Lipinski definition) is 2. The van der Waals surface area contributed by atoms with Gasteiger partial charge in [0.15, 0.2) is 11.6 Å². The lowest BCUT2D eigenvalue weighted by Crippen LogP contribution is -2.71. The van der Waals surface area contributed by atoms with E-state index in [1.165, 1.54) is 0 Å². The Balaban J connectivity index is 1.08. The molecule has 0 amide bonds. The number of nitrogen functional groups attached to an aromatic ring is 1. The van der Waals surface area contributed by atoms with Gasteiger partial charge in [-0.15, -0.1) is 11.3 Å². The number of fused-ring (bicyclic) bond motifs is 6. The number of aliphatic hydroxyl groups is 1. The van der Waals surface area contributed by atoms with Gasteiger partial charge in [0.2, 0.25) is 0 Å². The summed E-state index contributed by atoms with van der Waals surface area (Å²) in [6.45, 7) is 10.2. The van der Waals surface area contributed by atoms with Gasteiger partial charge in [-0.05, 0) is 50.8 Å². The van der Waals surface area contributed by atoms with Gasteiger partial charge in [0.1, 0.15) is 22.4 Å². The number of anilines is 2. The van der Waals surface area contributed by atoms with Crippen molar-refractivity contribution in [3.05, 3.63) is 34.5 Å². The van der Waals surface area contributed by atoms with Crippen molar-refractivity contribution >= 4 is 43.1 Å². The largest absolute Gasteiger partial charge is 0.463 e. The number of piperazine rings is 1. The molecular weight excluding hydrogens is 701 g/mol. The van der Waals surface area contributed by atoms with E-state index in [2.05, 4.69) is 37.7 Å². The number of benzene rings is 1. The van der Waals surface area contributed by atoms with Crippen LogP contribution in [0.1, 0.15) is 49.3 Å². The van der Waals surface area contributed by atoms with E-state index in [9.17, 15) is 10.4 Å². The molecule has 2 unspecified atom stereocenters. The number of hydrogen-bond acceptors (Lipinski definition) is 13. The van der Waals surface area contributed by atoms with Gasteiger partial charge in [0, 0.05) is 86.2 Å². The van der Waals surface area contributed by atoms with Crippen molar-refractivity contribution in [3.63, 3.8) is 0 Å². The molecule has 5 fully saturated rings. The number of β-amino-alcohol motifs (C(OH)–C–C–N with tert-alkyl or cyclic N) is 1. The van der Waals surface area contributed by atoms with E-state index in [0.29, 0.717) is 35.3 Å². The highest BCUT2D eigenvalue weighted by atomic mass is 32.1. The first kappa shape index (κ1) is 33.8. The molecule has 0 radical (unpaired) electrons. The van der Waals surface area contributed by atoms with Gasteiger partial charge in [-0.3, -0.25) is 9.88 Å². The van der Waals surface area contributed by atoms with Crippen molar-refractivity contribution < 1.29 is 23.4 Å². The van der Waals surface area contributed by atoms with Crippen molar-refractivity contribution in [2.45, 2.75) is 64.0 Å². The fourth-order valence-corrected chi connectivity index (χ4v) is 11.2. The van der Waals surface area contributed by atoms with E-state index < -0.39 is 17.7 Å². The second-order valence-electron chi connectivity index (χ2n) is 16.8. The number of nitrogens with two attached hydrogens (primary N) is 1. The molecule has 15 heteroatoms. The zero-order chi connectivity index (χ0) is 36.4. The number of thiophene rings is 1. The minimum Gasteiger partial charge on any atom is -0.463 e. The molecule has 3 atom stereocenters. The molecule has 1 spiro atoms. The van der Waals surface area contributed by atoms with E-state index in [1.54, 1.807) is 0 Å². The molecule has 4 saturated heterocycles. The second-order valence-corrected chi connectivity index (χ2v) is 17.8. The Labute approximate surface area is 310 Å². The lowest BCUT2D eigenvalue weighted by molar-refractivity contribution is -0.111. The van der Waals surface area contributed by atoms with Crippen molar-refractivity contribution in [2.24, 2.45) is 10.8 Å². The van der Waals surface area contributed by atoms with Gasteiger partial charge in [-0.1, -0.05) is 0 Å². The number of ether oxygens (including phenoxy) is 2. The lowest BCUT2D eigenvalue weighted by Gasteiger charge is -2.60. The molecule has 4 aromatic rings. The smallest absolute Gasteiger partial charge is 0.319 e. The third kappa shape index (κ3) is 5.39. The Morgan fingerprint density at radius 2 is 1.83 bits per heavy atom. The predicted octanol–water partition coefficient (Wildman–Crippen LogP) is 4.11. The number of halogens is 2. The molecule has 3 N–H and O–H groups in total. The van der Waals surface area contributed by atoms with Crippen molar-refractivity contribution in [2.75, 3.05) is 76.6 Å². The molecule has 1 aliphatic carbocycles. The maximum absolute atomic E-state index is 17.6. The minimum absolute atomic E-state index is 0.0209.